The maximum Gasteiger partial charge on any atom is 0.320 e. The smallest absolute Gasteiger partial charge is 0.320 e. The molecule has 0 atom stereocenters. The number of nitrogens with zero attached hydrogens (tertiary/aromatic N) is 1. The van der Waals surface area contributed by atoms with Gasteiger partial charge in [0.2, 0.25) is 0 Å². The topological polar surface area (TPSA) is 38.8 Å². The van der Waals surface area contributed by atoms with Crippen LogP contribution < -0.4 is 0 Å². The van der Waals surface area contributed by atoms with E-state index in [2.05, 4.69) is 0 Å². The first-order chi connectivity index (χ1) is 6.56. The van der Waals surface area contributed by atoms with E-state index in [1.807, 2.05) is 32.7 Å². The highest BCUT2D eigenvalue weighted by atomic mass is 16.5. The second kappa shape index (κ2) is 7.76. The lowest BCUT2D eigenvalue weighted by Crippen LogP contribution is -2.31. The van der Waals surface area contributed by atoms with Crippen molar-refractivity contribution in [3.8, 4) is 0 Å². The monoisotopic (exact) mass is 203 g/mol. The summed E-state index contributed by atoms with van der Waals surface area (Å²) >= 11 is 0. The first-order valence-corrected chi connectivity index (χ1v) is 5.02. The second-order valence-electron chi connectivity index (χ2n) is 3.47. The highest BCUT2D eigenvalue weighted by Crippen LogP contribution is 1.91. The molecule has 0 spiro atoms. The Hall–Kier alpha value is -0.610. The van der Waals surface area contributed by atoms with E-state index in [-0.39, 0.29) is 12.1 Å². The lowest BCUT2D eigenvalue weighted by molar-refractivity contribution is -0.148. The molecule has 0 fully saturated rings. The number of hydrogen-bond acceptors (Lipinski definition) is 4. The van der Waals surface area contributed by atoms with Crippen molar-refractivity contribution in [2.75, 3.05) is 33.4 Å². The van der Waals surface area contributed by atoms with Gasteiger partial charge in [-0.2, -0.15) is 0 Å². The molecule has 0 saturated heterocycles. The highest BCUT2D eigenvalue weighted by molar-refractivity contribution is 5.71. The predicted molar refractivity (Wildman–Crippen MR) is 55.2 cm³/mol. The van der Waals surface area contributed by atoms with Crippen LogP contribution in [0, 0.1) is 0 Å². The standard InChI is InChI=1S/C10H21NO3/c1-5-13-7-6-11(4)8-10(12)14-9(2)3/h9H,5-8H2,1-4H3. The zero-order chi connectivity index (χ0) is 11.0. The summed E-state index contributed by atoms with van der Waals surface area (Å²) in [5, 5.41) is 0. The summed E-state index contributed by atoms with van der Waals surface area (Å²) in [7, 11) is 1.88. The Balaban J connectivity index is 3.50. The SMILES string of the molecule is CCOCCN(C)CC(=O)OC(C)C. The van der Waals surface area contributed by atoms with Crippen LogP contribution >= 0.6 is 0 Å². The fraction of sp³-hybridized carbons (Fsp3) is 0.900. The number of esters is 1. The predicted octanol–water partition coefficient (Wildman–Crippen LogP) is 0.906. The van der Waals surface area contributed by atoms with Crippen LogP contribution in [0.3, 0.4) is 0 Å². The summed E-state index contributed by atoms with van der Waals surface area (Å²) < 4.78 is 10.2. The molecule has 0 radical (unpaired) electrons. The molecular formula is C10H21NO3. The van der Waals surface area contributed by atoms with Crippen LogP contribution in [0.2, 0.25) is 0 Å². The summed E-state index contributed by atoms with van der Waals surface area (Å²) in [6, 6.07) is 0. The molecule has 0 saturated carbocycles. The molecule has 0 heterocycles. The van der Waals surface area contributed by atoms with E-state index in [4.69, 9.17) is 9.47 Å². The van der Waals surface area contributed by atoms with Gasteiger partial charge in [-0.25, -0.2) is 0 Å². The number of hydrogen-bond donors (Lipinski definition) is 0. The van der Waals surface area contributed by atoms with E-state index in [0.29, 0.717) is 19.8 Å². The van der Waals surface area contributed by atoms with Crippen LogP contribution in [-0.2, 0) is 14.3 Å². The molecule has 0 unspecified atom stereocenters. The van der Waals surface area contributed by atoms with E-state index in [0.717, 1.165) is 6.54 Å². The summed E-state index contributed by atoms with van der Waals surface area (Å²) in [5.41, 5.74) is 0. The number of carbonyl (C=O) groups is 1. The molecule has 0 rings (SSSR count). The Kier molecular flexibility index (Phi) is 7.42. The molecule has 4 nitrogen and oxygen atoms in total. The Bertz CT molecular complexity index is 159. The van der Waals surface area contributed by atoms with Gasteiger partial charge in [-0.15, -0.1) is 0 Å². The molecule has 14 heavy (non-hydrogen) atoms. The molecule has 0 N–H and O–H groups in total. The second-order valence-corrected chi connectivity index (χ2v) is 3.47. The van der Waals surface area contributed by atoms with Crippen molar-refractivity contribution in [3.05, 3.63) is 0 Å². The lowest BCUT2D eigenvalue weighted by Gasteiger charge is -2.16. The fourth-order valence-electron chi connectivity index (χ4n) is 0.964. The van der Waals surface area contributed by atoms with Crippen LogP contribution in [-0.4, -0.2) is 50.3 Å². The van der Waals surface area contributed by atoms with Gasteiger partial charge in [0.15, 0.2) is 0 Å². The molecular weight excluding hydrogens is 182 g/mol. The third-order valence-corrected chi connectivity index (χ3v) is 1.59. The average molecular weight is 203 g/mol. The van der Waals surface area contributed by atoms with Crippen LogP contribution in [0.5, 0.6) is 0 Å². The van der Waals surface area contributed by atoms with Crippen LogP contribution in [0.1, 0.15) is 20.8 Å². The molecule has 0 aromatic heterocycles. The number of rotatable bonds is 7. The first-order valence-electron chi connectivity index (χ1n) is 5.02. The molecule has 0 aliphatic rings. The number of ether oxygens (including phenoxy) is 2. The Labute approximate surface area is 86.2 Å². The minimum absolute atomic E-state index is 0.0391. The fourth-order valence-corrected chi connectivity index (χ4v) is 0.964. The molecule has 0 amide bonds. The Morgan fingerprint density at radius 3 is 2.57 bits per heavy atom. The maximum absolute atomic E-state index is 11.2. The van der Waals surface area contributed by atoms with Gasteiger partial charge in [0.05, 0.1) is 19.3 Å². The lowest BCUT2D eigenvalue weighted by atomic mass is 10.4. The third kappa shape index (κ3) is 8.01. The molecule has 84 valence electrons. The first kappa shape index (κ1) is 13.4. The van der Waals surface area contributed by atoms with Crippen molar-refractivity contribution in [2.24, 2.45) is 0 Å². The van der Waals surface area contributed by atoms with E-state index < -0.39 is 0 Å². The van der Waals surface area contributed by atoms with E-state index in [9.17, 15) is 4.79 Å². The van der Waals surface area contributed by atoms with Gasteiger partial charge in [0.1, 0.15) is 0 Å². The summed E-state index contributed by atoms with van der Waals surface area (Å²) in [5.74, 6) is -0.181. The third-order valence-electron chi connectivity index (χ3n) is 1.59. The molecule has 0 aromatic rings. The zero-order valence-electron chi connectivity index (χ0n) is 9.58. The number of likely N-dealkylation sites (N-methyl/N-ethyl adjacent to an activating group) is 1. The number of carbonyl (C=O) groups excluding carboxylic acids is 1. The Morgan fingerprint density at radius 1 is 1.43 bits per heavy atom. The van der Waals surface area contributed by atoms with Crippen LogP contribution in [0.25, 0.3) is 0 Å². The van der Waals surface area contributed by atoms with Gasteiger partial charge in [0, 0.05) is 13.2 Å². The van der Waals surface area contributed by atoms with Crippen molar-refractivity contribution >= 4 is 5.97 Å². The van der Waals surface area contributed by atoms with Crippen LogP contribution in [0.15, 0.2) is 0 Å². The van der Waals surface area contributed by atoms with Crippen molar-refractivity contribution in [3.63, 3.8) is 0 Å². The van der Waals surface area contributed by atoms with Crippen molar-refractivity contribution in [1.29, 1.82) is 0 Å². The maximum atomic E-state index is 11.2. The molecule has 4 heteroatoms. The van der Waals surface area contributed by atoms with Gasteiger partial charge in [-0.05, 0) is 27.8 Å². The van der Waals surface area contributed by atoms with Gasteiger partial charge < -0.3 is 9.47 Å². The molecule has 0 bridgehead atoms. The summed E-state index contributed by atoms with van der Waals surface area (Å²) in [4.78, 5) is 13.1. The minimum Gasteiger partial charge on any atom is -0.462 e. The van der Waals surface area contributed by atoms with E-state index >= 15 is 0 Å². The van der Waals surface area contributed by atoms with E-state index in [1.54, 1.807) is 0 Å². The van der Waals surface area contributed by atoms with Crippen molar-refractivity contribution in [2.45, 2.75) is 26.9 Å². The van der Waals surface area contributed by atoms with Gasteiger partial charge >= 0.3 is 5.97 Å². The Morgan fingerprint density at radius 2 is 2.07 bits per heavy atom. The van der Waals surface area contributed by atoms with Gasteiger partial charge in [0.25, 0.3) is 0 Å². The van der Waals surface area contributed by atoms with E-state index in [1.165, 1.54) is 0 Å². The summed E-state index contributed by atoms with van der Waals surface area (Å²) in [6.45, 7) is 8.09. The van der Waals surface area contributed by atoms with Gasteiger partial charge in [-0.3, -0.25) is 9.69 Å². The normalized spacial score (nSPS) is 11.0. The minimum atomic E-state index is -0.181. The zero-order valence-corrected chi connectivity index (χ0v) is 9.58. The summed E-state index contributed by atoms with van der Waals surface area (Å²) in [6.07, 6.45) is -0.0391. The molecule has 0 aliphatic heterocycles. The average Bonchev–Trinajstić information content (AvgIpc) is 2.02. The molecule has 0 aromatic carbocycles. The van der Waals surface area contributed by atoms with Crippen LogP contribution in [0.4, 0.5) is 0 Å². The van der Waals surface area contributed by atoms with Gasteiger partial charge in [-0.1, -0.05) is 0 Å². The largest absolute Gasteiger partial charge is 0.462 e. The van der Waals surface area contributed by atoms with Crippen molar-refractivity contribution in [1.82, 2.24) is 4.90 Å². The highest BCUT2D eigenvalue weighted by Gasteiger charge is 2.08. The molecule has 0 aliphatic carbocycles. The quantitative estimate of drug-likeness (QED) is 0.455. The van der Waals surface area contributed by atoms with Crippen molar-refractivity contribution < 1.29 is 14.3 Å².